The maximum Gasteiger partial charge on any atom is 0.213 e. The lowest BCUT2D eigenvalue weighted by atomic mass is 10.0. The molecule has 0 heterocycles. The number of aliphatic hydroxyl groups is 1. The molecule has 0 saturated carbocycles. The van der Waals surface area contributed by atoms with Gasteiger partial charge in [0.25, 0.3) is 0 Å². The topological polar surface area (TPSA) is 80.4 Å². The first-order chi connectivity index (χ1) is 10.2. The van der Waals surface area contributed by atoms with E-state index in [1.807, 2.05) is 12.1 Å². The van der Waals surface area contributed by atoms with Gasteiger partial charge in [0.1, 0.15) is 5.82 Å². The molecule has 22 heavy (non-hydrogen) atoms. The van der Waals surface area contributed by atoms with Gasteiger partial charge >= 0.3 is 0 Å². The molecule has 0 radical (unpaired) electrons. The first kappa shape index (κ1) is 16.6. The van der Waals surface area contributed by atoms with Gasteiger partial charge in [-0.3, -0.25) is 0 Å². The van der Waals surface area contributed by atoms with Gasteiger partial charge in [-0.1, -0.05) is 36.4 Å². The molecule has 0 aliphatic carbocycles. The number of sulfonamides is 1. The van der Waals surface area contributed by atoms with Crippen LogP contribution in [0.5, 0.6) is 0 Å². The monoisotopic (exact) mass is 323 g/mol. The first-order valence-corrected chi connectivity index (χ1v) is 8.52. The molecule has 0 bridgehead atoms. The van der Waals surface area contributed by atoms with Crippen molar-refractivity contribution >= 4 is 10.0 Å². The van der Waals surface area contributed by atoms with E-state index in [9.17, 15) is 17.9 Å². The molecule has 0 aliphatic rings. The fraction of sp³-hybridized carbons (Fsp3) is 0.250. The summed E-state index contributed by atoms with van der Waals surface area (Å²) in [6.07, 6.45) is 0.107. The third-order valence-electron chi connectivity index (χ3n) is 3.20. The van der Waals surface area contributed by atoms with Gasteiger partial charge in [0, 0.05) is 5.56 Å². The molecule has 3 N–H and O–H groups in total. The van der Waals surface area contributed by atoms with E-state index in [-0.39, 0.29) is 0 Å². The number of aliphatic hydroxyl groups excluding tert-OH is 1. The summed E-state index contributed by atoms with van der Waals surface area (Å²) < 4.78 is 36.2. The lowest BCUT2D eigenvalue weighted by Crippen LogP contribution is -2.14. The Hall–Kier alpha value is -1.76. The van der Waals surface area contributed by atoms with Crippen molar-refractivity contribution in [3.05, 3.63) is 59.4 Å². The minimum Gasteiger partial charge on any atom is -0.393 e. The van der Waals surface area contributed by atoms with Gasteiger partial charge in [-0.25, -0.2) is 17.9 Å². The number of rotatable bonds is 5. The maximum atomic E-state index is 14.1. The highest BCUT2D eigenvalue weighted by Gasteiger charge is 2.10. The highest BCUT2D eigenvalue weighted by atomic mass is 32.2. The van der Waals surface area contributed by atoms with Gasteiger partial charge in [0.05, 0.1) is 11.9 Å². The molecule has 2 aromatic rings. The number of nitrogens with two attached hydrogens (primary N) is 1. The molecule has 6 heteroatoms. The number of benzene rings is 2. The van der Waals surface area contributed by atoms with E-state index >= 15 is 0 Å². The van der Waals surface area contributed by atoms with Gasteiger partial charge < -0.3 is 5.11 Å². The summed E-state index contributed by atoms with van der Waals surface area (Å²) in [6.45, 7) is 1.71. The molecule has 1 atom stereocenters. The Bertz CT molecular complexity index is 755. The third kappa shape index (κ3) is 4.62. The molecule has 0 fully saturated rings. The average Bonchev–Trinajstić information content (AvgIpc) is 2.37. The lowest BCUT2D eigenvalue weighted by Gasteiger charge is -2.08. The Kier molecular flexibility index (Phi) is 4.95. The summed E-state index contributed by atoms with van der Waals surface area (Å²) in [5.41, 5.74) is 2.36. The van der Waals surface area contributed by atoms with Gasteiger partial charge in [-0.15, -0.1) is 0 Å². The van der Waals surface area contributed by atoms with E-state index in [0.29, 0.717) is 23.1 Å². The van der Waals surface area contributed by atoms with Crippen molar-refractivity contribution in [2.75, 3.05) is 0 Å². The quantitative estimate of drug-likeness (QED) is 0.885. The van der Waals surface area contributed by atoms with Crippen molar-refractivity contribution in [1.82, 2.24) is 0 Å². The fourth-order valence-corrected chi connectivity index (χ4v) is 2.92. The van der Waals surface area contributed by atoms with Crippen molar-refractivity contribution < 1.29 is 17.9 Å². The Labute approximate surface area is 129 Å². The van der Waals surface area contributed by atoms with Crippen LogP contribution >= 0.6 is 0 Å². The molecule has 118 valence electrons. The Morgan fingerprint density at radius 3 is 2.23 bits per heavy atom. The van der Waals surface area contributed by atoms with Crippen LogP contribution in [0.1, 0.15) is 18.1 Å². The van der Waals surface area contributed by atoms with E-state index in [0.717, 1.165) is 5.56 Å². The summed E-state index contributed by atoms with van der Waals surface area (Å²) in [5.74, 6) is -0.887. The summed E-state index contributed by atoms with van der Waals surface area (Å²) in [7, 11) is -3.68. The van der Waals surface area contributed by atoms with Crippen LogP contribution in [0, 0.1) is 5.82 Å². The van der Waals surface area contributed by atoms with Crippen LogP contribution in [0.2, 0.25) is 0 Å². The highest BCUT2D eigenvalue weighted by Crippen LogP contribution is 2.24. The molecule has 4 nitrogen and oxygen atoms in total. The summed E-state index contributed by atoms with van der Waals surface area (Å²) in [5, 5.41) is 14.3. The molecule has 0 spiro atoms. The largest absolute Gasteiger partial charge is 0.393 e. The van der Waals surface area contributed by atoms with Crippen LogP contribution in [-0.2, 0) is 22.2 Å². The second-order valence-electron chi connectivity index (χ2n) is 5.37. The molecule has 0 saturated heterocycles. The van der Waals surface area contributed by atoms with Gasteiger partial charge in [0.15, 0.2) is 0 Å². The summed E-state index contributed by atoms with van der Waals surface area (Å²) in [6, 6.07) is 11.5. The van der Waals surface area contributed by atoms with Crippen molar-refractivity contribution in [1.29, 1.82) is 0 Å². The van der Waals surface area contributed by atoms with E-state index in [4.69, 9.17) is 5.14 Å². The van der Waals surface area contributed by atoms with Crippen LogP contribution in [-0.4, -0.2) is 19.6 Å². The predicted molar refractivity (Wildman–Crippen MR) is 84.0 cm³/mol. The Morgan fingerprint density at radius 1 is 1.14 bits per heavy atom. The average molecular weight is 323 g/mol. The second kappa shape index (κ2) is 6.56. The van der Waals surface area contributed by atoms with E-state index in [1.54, 1.807) is 31.2 Å². The van der Waals surface area contributed by atoms with Gasteiger partial charge in [0.2, 0.25) is 10.0 Å². The van der Waals surface area contributed by atoms with Crippen LogP contribution in [0.3, 0.4) is 0 Å². The Balaban J connectivity index is 2.25. The van der Waals surface area contributed by atoms with E-state index in [1.165, 1.54) is 6.07 Å². The third-order valence-corrected chi connectivity index (χ3v) is 3.93. The van der Waals surface area contributed by atoms with Crippen LogP contribution in [0.4, 0.5) is 4.39 Å². The van der Waals surface area contributed by atoms with Crippen molar-refractivity contribution in [2.24, 2.45) is 5.14 Å². The number of halogens is 1. The first-order valence-electron chi connectivity index (χ1n) is 6.81. The van der Waals surface area contributed by atoms with Gasteiger partial charge in [-0.2, -0.15) is 0 Å². The highest BCUT2D eigenvalue weighted by molar-refractivity contribution is 7.88. The van der Waals surface area contributed by atoms with Crippen LogP contribution in [0.15, 0.2) is 42.5 Å². The van der Waals surface area contributed by atoms with Gasteiger partial charge in [-0.05, 0) is 36.1 Å². The zero-order valence-corrected chi connectivity index (χ0v) is 13.0. The zero-order chi connectivity index (χ0) is 16.3. The molecular formula is C16H18FNO3S. The smallest absolute Gasteiger partial charge is 0.213 e. The van der Waals surface area contributed by atoms with Crippen molar-refractivity contribution in [2.45, 2.75) is 25.2 Å². The number of hydrogen-bond donors (Lipinski definition) is 2. The lowest BCUT2D eigenvalue weighted by molar-refractivity contribution is 0.195. The standard InChI is InChI=1S/C16H18FNO3S/c1-11(19)8-12-2-5-14(6-3-12)15-7-4-13(9-16(15)17)10-22(18,20)21/h2-7,9,11,19H,8,10H2,1H3,(H2,18,20,21). The predicted octanol–water partition coefficient (Wildman–Crippen LogP) is 2.20. The Morgan fingerprint density at radius 2 is 1.73 bits per heavy atom. The van der Waals surface area contributed by atoms with E-state index in [2.05, 4.69) is 0 Å². The number of hydrogen-bond acceptors (Lipinski definition) is 3. The molecule has 0 aliphatic heterocycles. The maximum absolute atomic E-state index is 14.1. The van der Waals surface area contributed by atoms with Crippen molar-refractivity contribution in [3.8, 4) is 11.1 Å². The van der Waals surface area contributed by atoms with Crippen LogP contribution in [0.25, 0.3) is 11.1 Å². The molecular weight excluding hydrogens is 305 g/mol. The van der Waals surface area contributed by atoms with Crippen LogP contribution < -0.4 is 5.14 Å². The molecule has 2 rings (SSSR count). The summed E-state index contributed by atoms with van der Waals surface area (Å²) in [4.78, 5) is 0. The molecule has 2 aromatic carbocycles. The number of primary sulfonamides is 1. The van der Waals surface area contributed by atoms with E-state index < -0.39 is 27.7 Å². The molecule has 0 amide bonds. The minimum absolute atomic E-state index is 0.314. The SMILES string of the molecule is CC(O)Cc1ccc(-c2ccc(CS(N)(=O)=O)cc2F)cc1. The zero-order valence-electron chi connectivity index (χ0n) is 12.2. The summed E-state index contributed by atoms with van der Waals surface area (Å²) >= 11 is 0. The molecule has 1 unspecified atom stereocenters. The second-order valence-corrected chi connectivity index (χ2v) is 6.99. The normalized spacial score (nSPS) is 13.1. The molecule has 0 aromatic heterocycles. The fourth-order valence-electron chi connectivity index (χ4n) is 2.28. The minimum atomic E-state index is -3.68. The van der Waals surface area contributed by atoms with Crippen molar-refractivity contribution in [3.63, 3.8) is 0 Å².